The van der Waals surface area contributed by atoms with Crippen LogP contribution in [0.15, 0.2) is 12.1 Å². The summed E-state index contributed by atoms with van der Waals surface area (Å²) in [5, 5.41) is 0. The van der Waals surface area contributed by atoms with Crippen molar-refractivity contribution in [3.8, 4) is 0 Å². The average molecular weight is 310 g/mol. The second kappa shape index (κ2) is 8.15. The molecule has 3 heteroatoms. The standard InChI is InChI=1S/C19H28OP.Li/c1-13-11-15(19(3,4)5)12-14(2)17(13)18(20)21-16-9-7-6-8-10-16;/h11-12,16H,6-10H2,1-5H3;/q-1;+1. The Bertz CT molecular complexity index is 502. The third-order valence-corrected chi connectivity index (χ3v) is 5.83. The van der Waals surface area contributed by atoms with E-state index in [9.17, 15) is 4.79 Å². The van der Waals surface area contributed by atoms with Gasteiger partial charge in [-0.1, -0.05) is 65.0 Å². The van der Waals surface area contributed by atoms with E-state index >= 15 is 0 Å². The largest absolute Gasteiger partial charge is 1.00 e. The zero-order valence-electron chi connectivity index (χ0n) is 15.1. The zero-order valence-corrected chi connectivity index (χ0v) is 16.0. The van der Waals surface area contributed by atoms with Gasteiger partial charge in [-0.15, -0.1) is 0 Å². The summed E-state index contributed by atoms with van der Waals surface area (Å²) in [6.45, 7) is 10.9. The fourth-order valence-corrected chi connectivity index (χ4v) is 4.61. The molecule has 0 radical (unpaired) electrons. The van der Waals surface area contributed by atoms with Gasteiger partial charge in [0.1, 0.15) is 0 Å². The maximum atomic E-state index is 12.7. The first-order chi connectivity index (χ1) is 9.79. The van der Waals surface area contributed by atoms with Gasteiger partial charge in [0.2, 0.25) is 0 Å². The minimum atomic E-state index is 0. The van der Waals surface area contributed by atoms with Crippen molar-refractivity contribution in [1.29, 1.82) is 0 Å². The first-order valence-electron chi connectivity index (χ1n) is 8.16. The Kier molecular flexibility index (Phi) is 7.39. The summed E-state index contributed by atoms with van der Waals surface area (Å²) in [4.78, 5) is 12.7. The molecule has 0 atom stereocenters. The van der Waals surface area contributed by atoms with Crippen molar-refractivity contribution in [1.82, 2.24) is 0 Å². The van der Waals surface area contributed by atoms with Crippen LogP contribution in [0.4, 0.5) is 0 Å². The van der Waals surface area contributed by atoms with Crippen LogP contribution >= 0.6 is 8.58 Å². The van der Waals surface area contributed by atoms with Crippen LogP contribution in [0.1, 0.15) is 79.9 Å². The summed E-state index contributed by atoms with van der Waals surface area (Å²) in [6, 6.07) is 4.41. The second-order valence-corrected chi connectivity index (χ2v) is 8.86. The van der Waals surface area contributed by atoms with Crippen molar-refractivity contribution in [3.05, 3.63) is 34.4 Å². The molecule has 1 aliphatic rings. The van der Waals surface area contributed by atoms with Crippen LogP contribution in [-0.4, -0.2) is 11.2 Å². The van der Waals surface area contributed by atoms with Crippen molar-refractivity contribution >= 4 is 14.1 Å². The van der Waals surface area contributed by atoms with Crippen molar-refractivity contribution in [2.75, 3.05) is 0 Å². The number of hydrogen-bond acceptors (Lipinski definition) is 1. The number of carbonyl (C=O) groups excluding carboxylic acids is 1. The molecule has 22 heavy (non-hydrogen) atoms. The maximum absolute atomic E-state index is 12.7. The molecule has 1 saturated carbocycles. The van der Waals surface area contributed by atoms with Crippen molar-refractivity contribution in [2.24, 2.45) is 0 Å². The number of rotatable bonds is 3. The fourth-order valence-electron chi connectivity index (χ4n) is 3.17. The van der Waals surface area contributed by atoms with E-state index in [1.54, 1.807) is 0 Å². The van der Waals surface area contributed by atoms with Gasteiger partial charge in [-0.3, -0.25) is 0 Å². The van der Waals surface area contributed by atoms with E-state index in [2.05, 4.69) is 46.8 Å². The molecule has 2 rings (SSSR count). The van der Waals surface area contributed by atoms with E-state index in [0.29, 0.717) is 11.2 Å². The quantitative estimate of drug-likeness (QED) is 0.619. The molecular formula is C19H28LiOP. The van der Waals surface area contributed by atoms with Crippen molar-refractivity contribution in [3.63, 3.8) is 0 Å². The molecule has 1 aromatic rings. The Labute approximate surface area is 150 Å². The van der Waals surface area contributed by atoms with E-state index in [4.69, 9.17) is 0 Å². The van der Waals surface area contributed by atoms with E-state index in [1.165, 1.54) is 37.7 Å². The molecule has 0 saturated heterocycles. The molecule has 116 valence electrons. The molecule has 1 nitrogen and oxygen atoms in total. The van der Waals surface area contributed by atoms with Crippen LogP contribution in [0.5, 0.6) is 0 Å². The van der Waals surface area contributed by atoms with Gasteiger partial charge in [-0.05, 0) is 41.5 Å². The summed E-state index contributed by atoms with van der Waals surface area (Å²) in [5.74, 6) is 0. The zero-order chi connectivity index (χ0) is 15.6. The van der Waals surface area contributed by atoms with Gasteiger partial charge in [0.15, 0.2) is 0 Å². The second-order valence-electron chi connectivity index (χ2n) is 7.46. The van der Waals surface area contributed by atoms with Gasteiger partial charge in [-0.25, -0.2) is 0 Å². The summed E-state index contributed by atoms with van der Waals surface area (Å²) in [6.07, 6.45) is 6.40. The molecule has 0 bridgehead atoms. The topological polar surface area (TPSA) is 17.1 Å². The number of benzene rings is 1. The van der Waals surface area contributed by atoms with E-state index in [0.717, 1.165) is 25.3 Å². The van der Waals surface area contributed by atoms with Crippen molar-refractivity contribution < 1.29 is 23.7 Å². The molecule has 1 aromatic carbocycles. The average Bonchev–Trinajstić information content (AvgIpc) is 2.37. The minimum absolute atomic E-state index is 0. The number of hydrogen-bond donors (Lipinski definition) is 0. The summed E-state index contributed by atoms with van der Waals surface area (Å²) < 4.78 is 0. The van der Waals surface area contributed by atoms with Crippen molar-refractivity contribution in [2.45, 2.75) is 77.8 Å². The maximum Gasteiger partial charge on any atom is 1.00 e. The van der Waals surface area contributed by atoms with E-state index in [-0.39, 0.29) is 24.3 Å². The molecule has 0 heterocycles. The molecule has 0 spiro atoms. The Balaban J connectivity index is 0.00000242. The molecular weight excluding hydrogens is 282 g/mol. The van der Waals surface area contributed by atoms with Crippen LogP contribution < -0.4 is 18.9 Å². The SMILES string of the molecule is Cc1cc(C(C)(C)C)cc(C)c1C(=O)[P-]C1CCCCC1.[Li+]. The van der Waals surface area contributed by atoms with Gasteiger partial charge in [0.05, 0.1) is 0 Å². The molecule has 0 unspecified atom stereocenters. The number of carbonyl (C=O) groups is 1. The van der Waals surface area contributed by atoms with Crippen LogP contribution in [-0.2, 0) is 5.41 Å². The van der Waals surface area contributed by atoms with E-state index in [1.807, 2.05) is 0 Å². The molecule has 1 aliphatic carbocycles. The Morgan fingerprint density at radius 1 is 1.05 bits per heavy atom. The van der Waals surface area contributed by atoms with Crippen LogP contribution in [0.2, 0.25) is 0 Å². The first kappa shape index (κ1) is 20.0. The number of aryl methyl sites for hydroxylation is 2. The van der Waals surface area contributed by atoms with Gasteiger partial charge in [0, 0.05) is 5.52 Å². The summed E-state index contributed by atoms with van der Waals surface area (Å²) in [7, 11) is 1.02. The van der Waals surface area contributed by atoms with Gasteiger partial charge >= 0.3 is 18.9 Å². The fraction of sp³-hybridized carbons (Fsp3) is 0.632. The predicted octanol–water partition coefficient (Wildman–Crippen LogP) is 3.02. The van der Waals surface area contributed by atoms with E-state index < -0.39 is 0 Å². The molecule has 0 aromatic heterocycles. The third kappa shape index (κ3) is 4.96. The normalized spacial score (nSPS) is 16.8. The van der Waals surface area contributed by atoms with Crippen LogP contribution in [0.3, 0.4) is 0 Å². The molecule has 1 fully saturated rings. The third-order valence-electron chi connectivity index (χ3n) is 4.49. The molecule has 0 N–H and O–H groups in total. The molecule has 0 amide bonds. The Morgan fingerprint density at radius 3 is 2.00 bits per heavy atom. The Hall–Kier alpha value is -0.0826. The predicted molar refractivity (Wildman–Crippen MR) is 92.7 cm³/mol. The van der Waals surface area contributed by atoms with Gasteiger partial charge in [-0.2, -0.15) is 5.66 Å². The van der Waals surface area contributed by atoms with Gasteiger partial charge < -0.3 is 13.4 Å². The molecule has 0 aliphatic heterocycles. The van der Waals surface area contributed by atoms with Gasteiger partial charge in [0.25, 0.3) is 0 Å². The first-order valence-corrected chi connectivity index (χ1v) is 9.12. The Morgan fingerprint density at radius 2 is 1.55 bits per heavy atom. The van der Waals surface area contributed by atoms with Crippen LogP contribution in [0.25, 0.3) is 0 Å². The van der Waals surface area contributed by atoms with Crippen LogP contribution in [0, 0.1) is 13.8 Å². The monoisotopic (exact) mass is 310 g/mol. The minimum Gasteiger partial charge on any atom is -0.456 e. The summed E-state index contributed by atoms with van der Waals surface area (Å²) in [5.41, 5.74) is 5.64. The smallest absolute Gasteiger partial charge is 0.456 e. The summed E-state index contributed by atoms with van der Waals surface area (Å²) >= 11 is 0.